The molecule has 0 unspecified atom stereocenters. The fourth-order valence-electron chi connectivity index (χ4n) is 4.73. The lowest BCUT2D eigenvalue weighted by Gasteiger charge is -2.47. The van der Waals surface area contributed by atoms with Gasteiger partial charge in [0, 0.05) is 55.4 Å². The van der Waals surface area contributed by atoms with Gasteiger partial charge in [0.15, 0.2) is 36.6 Å². The van der Waals surface area contributed by atoms with Crippen LogP contribution in [0.25, 0.3) is 0 Å². The zero-order valence-electron chi connectivity index (χ0n) is 26.9. The van der Waals surface area contributed by atoms with Gasteiger partial charge in [-0.1, -0.05) is 11.8 Å². The molecule has 264 valence electrons. The highest BCUT2D eigenvalue weighted by Crippen LogP contribution is 2.41. The van der Waals surface area contributed by atoms with Gasteiger partial charge in [-0.25, -0.2) is 0 Å². The quantitative estimate of drug-likeness (QED) is 0.192. The second-order valence-corrected chi connectivity index (χ2v) is 11.5. The Morgan fingerprint density at radius 2 is 0.660 bits per heavy atom. The van der Waals surface area contributed by atoms with Gasteiger partial charge in [-0.15, -0.1) is 0 Å². The topological polar surface area (TPSA) is 229 Å². The zero-order chi connectivity index (χ0) is 35.6. The van der Waals surface area contributed by atoms with E-state index < -0.39 is 121 Å². The number of rotatable bonds is 12. The molecular weight excluding hydrogens is 656 g/mol. The van der Waals surface area contributed by atoms with Gasteiger partial charge in [-0.3, -0.25) is 38.4 Å². The van der Waals surface area contributed by atoms with Crippen LogP contribution in [0.1, 0.15) is 55.4 Å². The van der Waals surface area contributed by atoms with E-state index in [1.165, 1.54) is 0 Å². The summed E-state index contributed by atoms with van der Waals surface area (Å²) in [4.78, 5) is 96.4. The number of carbonyl (C=O) groups excluding carboxylic acids is 8. The highest BCUT2D eigenvalue weighted by molar-refractivity contribution is 8.00. The molecule has 2 heterocycles. The Hall–Kier alpha value is -3.97. The van der Waals surface area contributed by atoms with Crippen LogP contribution in [0.3, 0.4) is 0 Å². The minimum atomic E-state index is -1.54. The standard InChI is InChI=1S/C28H38O18S/c1-11(29)37-9-19-21(39-13(3)31)23(41-15(5)33)25(43-17(7)35)27(45-19)47-28-26(44-18(8)36)24(42-16(6)34)22(40-14(4)32)20(46-28)10-38-12(2)30/h19-28H,9-10H2,1-8H3/t19-,20-,21+,22+,23-,24+,25-,26+,27-,28+/m0/s1. The molecule has 2 saturated heterocycles. The number of hydrogen-bond acceptors (Lipinski definition) is 19. The van der Waals surface area contributed by atoms with Crippen molar-refractivity contribution in [1.82, 2.24) is 0 Å². The van der Waals surface area contributed by atoms with Gasteiger partial charge in [-0.2, -0.15) is 0 Å². The molecule has 0 amide bonds. The molecule has 2 rings (SSSR count). The van der Waals surface area contributed by atoms with E-state index in [2.05, 4.69) is 0 Å². The monoisotopic (exact) mass is 694 g/mol. The summed E-state index contributed by atoms with van der Waals surface area (Å²) in [7, 11) is 0. The Labute approximate surface area is 273 Å². The molecule has 0 spiro atoms. The molecule has 0 bridgehead atoms. The van der Waals surface area contributed by atoms with E-state index in [1.54, 1.807) is 0 Å². The van der Waals surface area contributed by atoms with Crippen LogP contribution in [0.2, 0.25) is 0 Å². The van der Waals surface area contributed by atoms with Gasteiger partial charge < -0.3 is 47.4 Å². The summed E-state index contributed by atoms with van der Waals surface area (Å²) < 4.78 is 55.0. The number of ether oxygens (including phenoxy) is 10. The first kappa shape index (κ1) is 39.2. The third kappa shape index (κ3) is 12.3. The molecule has 0 N–H and O–H groups in total. The maximum atomic E-state index is 12.3. The van der Waals surface area contributed by atoms with Crippen molar-refractivity contribution in [3.05, 3.63) is 0 Å². The third-order valence-corrected chi connectivity index (χ3v) is 7.46. The van der Waals surface area contributed by atoms with E-state index in [4.69, 9.17) is 47.4 Å². The Balaban J connectivity index is 2.69. The van der Waals surface area contributed by atoms with Crippen LogP contribution < -0.4 is 0 Å². The molecule has 0 saturated carbocycles. The maximum Gasteiger partial charge on any atom is 0.303 e. The molecule has 0 aliphatic carbocycles. The predicted molar refractivity (Wildman–Crippen MR) is 152 cm³/mol. The Kier molecular flexibility index (Phi) is 14.9. The van der Waals surface area contributed by atoms with Gasteiger partial charge in [0.1, 0.15) is 36.3 Å². The van der Waals surface area contributed by atoms with Crippen molar-refractivity contribution in [3.63, 3.8) is 0 Å². The summed E-state index contributed by atoms with van der Waals surface area (Å²) >= 11 is 0.678. The van der Waals surface area contributed by atoms with Crippen molar-refractivity contribution < 1.29 is 85.7 Å². The molecule has 19 heteroatoms. The van der Waals surface area contributed by atoms with Crippen LogP contribution in [0.5, 0.6) is 0 Å². The molecule has 47 heavy (non-hydrogen) atoms. The second kappa shape index (κ2) is 17.8. The highest BCUT2D eigenvalue weighted by atomic mass is 32.2. The SMILES string of the molecule is CC(=O)OC[C@@H]1O[C@H](S[C@@H]2O[C@@H](COC(C)=O)[C@@H](OC(C)=O)[C@H](OC(C)=O)[C@@H]2OC(C)=O)[C@H](OC(C)=O)[C@H](OC(C)=O)[C@@H]1OC(C)=O. The van der Waals surface area contributed by atoms with Crippen LogP contribution in [0.4, 0.5) is 0 Å². The minimum absolute atomic E-state index is 0.520. The fourth-order valence-corrected chi connectivity index (χ4v) is 6.14. The number of esters is 8. The first-order valence-corrected chi connectivity index (χ1v) is 15.1. The van der Waals surface area contributed by atoms with Crippen LogP contribution in [-0.2, 0) is 85.7 Å². The summed E-state index contributed by atoms with van der Waals surface area (Å²) in [5.74, 6) is -6.62. The molecule has 2 fully saturated rings. The molecule has 0 aromatic carbocycles. The van der Waals surface area contributed by atoms with Crippen molar-refractivity contribution >= 4 is 59.5 Å². The molecule has 0 aromatic rings. The smallest absolute Gasteiger partial charge is 0.303 e. The average Bonchev–Trinajstić information content (AvgIpc) is 2.91. The predicted octanol–water partition coefficient (Wildman–Crippen LogP) is -0.114. The first-order valence-electron chi connectivity index (χ1n) is 14.2. The Morgan fingerprint density at radius 3 is 0.915 bits per heavy atom. The number of carbonyl (C=O) groups is 8. The van der Waals surface area contributed by atoms with Crippen LogP contribution in [0.15, 0.2) is 0 Å². The van der Waals surface area contributed by atoms with Gasteiger partial charge in [0.25, 0.3) is 0 Å². The van der Waals surface area contributed by atoms with E-state index in [-0.39, 0.29) is 0 Å². The van der Waals surface area contributed by atoms with Crippen molar-refractivity contribution in [1.29, 1.82) is 0 Å². The zero-order valence-corrected chi connectivity index (χ0v) is 27.8. The third-order valence-electron chi connectivity index (χ3n) is 6.16. The van der Waals surface area contributed by atoms with Crippen molar-refractivity contribution in [2.45, 2.75) is 115 Å². The maximum absolute atomic E-state index is 12.3. The van der Waals surface area contributed by atoms with Gasteiger partial charge in [0.2, 0.25) is 0 Å². The number of hydrogen-bond donors (Lipinski definition) is 0. The molecule has 10 atom stereocenters. The van der Waals surface area contributed by atoms with E-state index in [9.17, 15) is 38.4 Å². The van der Waals surface area contributed by atoms with E-state index in [0.717, 1.165) is 55.4 Å². The molecule has 0 radical (unpaired) electrons. The lowest BCUT2D eigenvalue weighted by atomic mass is 9.99. The van der Waals surface area contributed by atoms with Crippen LogP contribution in [-0.4, -0.2) is 121 Å². The summed E-state index contributed by atoms with van der Waals surface area (Å²) in [5, 5.41) is 0. The molecular formula is C28H38O18S. The van der Waals surface area contributed by atoms with E-state index in [0.29, 0.717) is 11.8 Å². The highest BCUT2D eigenvalue weighted by Gasteiger charge is 2.57. The average molecular weight is 695 g/mol. The summed E-state index contributed by atoms with van der Waals surface area (Å²) in [5.41, 5.74) is -2.84. The minimum Gasteiger partial charge on any atom is -0.463 e. The summed E-state index contributed by atoms with van der Waals surface area (Å²) in [6.07, 6.45) is -11.7. The Bertz CT molecular complexity index is 1110. The summed E-state index contributed by atoms with van der Waals surface area (Å²) in [6.45, 7) is 7.50. The Morgan fingerprint density at radius 1 is 0.404 bits per heavy atom. The molecule has 0 aromatic heterocycles. The normalized spacial score (nSPS) is 30.0. The fraction of sp³-hybridized carbons (Fsp3) is 0.714. The molecule has 2 aliphatic heterocycles. The number of thioether (sulfide) groups is 1. The van der Waals surface area contributed by atoms with E-state index in [1.807, 2.05) is 0 Å². The van der Waals surface area contributed by atoms with Crippen LogP contribution >= 0.6 is 11.8 Å². The van der Waals surface area contributed by atoms with Crippen LogP contribution in [0, 0.1) is 0 Å². The molecule has 18 nitrogen and oxygen atoms in total. The van der Waals surface area contributed by atoms with Gasteiger partial charge >= 0.3 is 47.8 Å². The lowest BCUT2D eigenvalue weighted by Crippen LogP contribution is -2.64. The van der Waals surface area contributed by atoms with Gasteiger partial charge in [0.05, 0.1) is 0 Å². The lowest BCUT2D eigenvalue weighted by molar-refractivity contribution is -0.243. The van der Waals surface area contributed by atoms with Crippen molar-refractivity contribution in [2.75, 3.05) is 13.2 Å². The van der Waals surface area contributed by atoms with Crippen molar-refractivity contribution in [2.24, 2.45) is 0 Å². The first-order chi connectivity index (χ1) is 21.9. The van der Waals surface area contributed by atoms with Gasteiger partial charge in [-0.05, 0) is 0 Å². The van der Waals surface area contributed by atoms with E-state index >= 15 is 0 Å². The largest absolute Gasteiger partial charge is 0.463 e. The second-order valence-electron chi connectivity index (χ2n) is 10.3. The molecule has 2 aliphatic rings. The summed E-state index contributed by atoms with van der Waals surface area (Å²) in [6, 6.07) is 0. The van der Waals surface area contributed by atoms with Crippen molar-refractivity contribution in [3.8, 4) is 0 Å².